The summed E-state index contributed by atoms with van der Waals surface area (Å²) in [6, 6.07) is 11.3. The molecule has 2 aromatic heterocycles. The number of benzene rings is 1. The van der Waals surface area contributed by atoms with Crippen LogP contribution in [0.25, 0.3) is 16.6 Å². The molecule has 21 heavy (non-hydrogen) atoms. The molecule has 0 amide bonds. The minimum Gasteiger partial charge on any atom is -0.315 e. The smallest absolute Gasteiger partial charge is 0.0642 e. The average Bonchev–Trinajstić information content (AvgIpc) is 3.17. The van der Waals surface area contributed by atoms with Gasteiger partial charge in [-0.25, -0.2) is 0 Å². The Hall–Kier alpha value is -2.13. The number of hydrogen-bond acceptors (Lipinski definition) is 2. The molecule has 0 bridgehead atoms. The fourth-order valence-corrected chi connectivity index (χ4v) is 3.30. The summed E-state index contributed by atoms with van der Waals surface area (Å²) in [4.78, 5) is 4.46. The highest BCUT2D eigenvalue weighted by atomic mass is 15.0. The van der Waals surface area contributed by atoms with E-state index in [0.29, 0.717) is 6.04 Å². The Bertz CT molecular complexity index is 782. The molecule has 0 aliphatic carbocycles. The number of pyridine rings is 1. The van der Waals surface area contributed by atoms with Crippen LogP contribution in [0.1, 0.15) is 30.0 Å². The Kier molecular flexibility index (Phi) is 3.00. The maximum atomic E-state index is 4.46. The second kappa shape index (κ2) is 5.01. The minimum atomic E-state index is 0.459. The number of nitrogens with zero attached hydrogens (tertiary/aromatic N) is 2. The van der Waals surface area contributed by atoms with Gasteiger partial charge in [-0.05, 0) is 49.6 Å². The second-order valence-electron chi connectivity index (χ2n) is 5.82. The molecule has 1 aliphatic rings. The number of aromatic nitrogens is 2. The summed E-state index contributed by atoms with van der Waals surface area (Å²) in [5, 5.41) is 4.85. The van der Waals surface area contributed by atoms with Crippen LogP contribution in [0.2, 0.25) is 0 Å². The van der Waals surface area contributed by atoms with E-state index in [1.807, 2.05) is 12.4 Å². The highest BCUT2D eigenvalue weighted by Crippen LogP contribution is 2.27. The van der Waals surface area contributed by atoms with E-state index in [4.69, 9.17) is 0 Å². The second-order valence-corrected chi connectivity index (χ2v) is 5.82. The molecule has 4 rings (SSSR count). The topological polar surface area (TPSA) is 29.9 Å². The molecule has 3 nitrogen and oxygen atoms in total. The predicted molar refractivity (Wildman–Crippen MR) is 85.8 cm³/mol. The maximum Gasteiger partial charge on any atom is 0.0642 e. The van der Waals surface area contributed by atoms with Crippen molar-refractivity contribution in [3.05, 3.63) is 60.0 Å². The van der Waals surface area contributed by atoms with E-state index in [2.05, 4.69) is 58.3 Å². The quantitative estimate of drug-likeness (QED) is 0.773. The molecular formula is C18H19N3. The monoisotopic (exact) mass is 277 g/mol. The van der Waals surface area contributed by atoms with Crippen LogP contribution >= 0.6 is 0 Å². The first-order valence-electron chi connectivity index (χ1n) is 7.58. The van der Waals surface area contributed by atoms with E-state index in [9.17, 15) is 0 Å². The molecule has 1 N–H and O–H groups in total. The summed E-state index contributed by atoms with van der Waals surface area (Å²) >= 11 is 0. The maximum absolute atomic E-state index is 4.46. The van der Waals surface area contributed by atoms with Gasteiger partial charge in [-0.2, -0.15) is 0 Å². The summed E-state index contributed by atoms with van der Waals surface area (Å²) < 4.78 is 2.25. The van der Waals surface area contributed by atoms with E-state index >= 15 is 0 Å². The normalized spacial score (nSPS) is 18.4. The molecule has 1 aromatic carbocycles. The van der Waals surface area contributed by atoms with Gasteiger partial charge in [-0.15, -0.1) is 0 Å². The van der Waals surface area contributed by atoms with Crippen molar-refractivity contribution in [1.29, 1.82) is 0 Å². The Morgan fingerprint density at radius 3 is 3.00 bits per heavy atom. The van der Waals surface area contributed by atoms with Crippen molar-refractivity contribution < 1.29 is 0 Å². The molecule has 3 aromatic rings. The van der Waals surface area contributed by atoms with Gasteiger partial charge in [-0.3, -0.25) is 4.98 Å². The Morgan fingerprint density at radius 2 is 2.14 bits per heavy atom. The van der Waals surface area contributed by atoms with E-state index < -0.39 is 0 Å². The molecule has 1 fully saturated rings. The van der Waals surface area contributed by atoms with Crippen molar-refractivity contribution in [1.82, 2.24) is 14.9 Å². The number of rotatable bonds is 2. The van der Waals surface area contributed by atoms with Gasteiger partial charge in [0, 0.05) is 23.8 Å². The summed E-state index contributed by atoms with van der Waals surface area (Å²) in [6.45, 7) is 3.27. The molecular weight excluding hydrogens is 258 g/mol. The molecule has 106 valence electrons. The molecule has 1 aliphatic heterocycles. The Labute approximate surface area is 124 Å². The van der Waals surface area contributed by atoms with E-state index in [0.717, 1.165) is 12.2 Å². The number of hydrogen-bond donors (Lipinski definition) is 1. The van der Waals surface area contributed by atoms with Crippen LogP contribution in [0.5, 0.6) is 0 Å². The lowest BCUT2D eigenvalue weighted by Gasteiger charge is -2.12. The van der Waals surface area contributed by atoms with Gasteiger partial charge >= 0.3 is 0 Å². The first-order valence-corrected chi connectivity index (χ1v) is 7.58. The third-order valence-corrected chi connectivity index (χ3v) is 4.40. The van der Waals surface area contributed by atoms with Gasteiger partial charge in [0.05, 0.1) is 17.4 Å². The molecule has 1 atom stereocenters. The molecule has 3 heteroatoms. The van der Waals surface area contributed by atoms with Gasteiger partial charge in [-0.1, -0.05) is 18.2 Å². The first kappa shape index (κ1) is 12.6. The fourth-order valence-electron chi connectivity index (χ4n) is 3.30. The summed E-state index contributed by atoms with van der Waals surface area (Å²) in [5.74, 6) is 0. The van der Waals surface area contributed by atoms with E-state index in [-0.39, 0.29) is 0 Å². The first-order chi connectivity index (χ1) is 10.3. The van der Waals surface area contributed by atoms with Crippen LogP contribution in [-0.4, -0.2) is 16.1 Å². The zero-order chi connectivity index (χ0) is 14.2. The summed E-state index contributed by atoms with van der Waals surface area (Å²) in [7, 11) is 0. The molecule has 1 saturated heterocycles. The van der Waals surface area contributed by atoms with Crippen LogP contribution in [-0.2, 0) is 0 Å². The van der Waals surface area contributed by atoms with Crippen LogP contribution in [0, 0.1) is 6.92 Å². The molecule has 0 saturated carbocycles. The molecule has 0 radical (unpaired) electrons. The van der Waals surface area contributed by atoms with Crippen LogP contribution in [0.4, 0.5) is 0 Å². The van der Waals surface area contributed by atoms with Crippen LogP contribution < -0.4 is 5.32 Å². The SMILES string of the molecule is Cc1cn(-c2cncc([C@@H]3CCCN3)c2)c2ccccc12. The predicted octanol–water partition coefficient (Wildman–Crippen LogP) is 3.76. The lowest BCUT2D eigenvalue weighted by Crippen LogP contribution is -2.13. The Balaban J connectivity index is 1.83. The van der Waals surface area contributed by atoms with Gasteiger partial charge in [0.25, 0.3) is 0 Å². The summed E-state index contributed by atoms with van der Waals surface area (Å²) in [5.41, 5.74) is 4.98. The van der Waals surface area contributed by atoms with Crippen molar-refractivity contribution in [2.45, 2.75) is 25.8 Å². The standard InChI is InChI=1S/C18H19N3/c1-13-12-21(18-7-3-2-5-16(13)18)15-9-14(10-19-11-15)17-6-4-8-20-17/h2-3,5,7,9-12,17,20H,4,6,8H2,1H3/t17-/m0/s1. The third-order valence-electron chi connectivity index (χ3n) is 4.40. The highest BCUT2D eigenvalue weighted by Gasteiger charge is 2.17. The van der Waals surface area contributed by atoms with Crippen molar-refractivity contribution in [2.75, 3.05) is 6.54 Å². The number of fused-ring (bicyclic) bond motifs is 1. The molecule has 0 unspecified atom stereocenters. The van der Waals surface area contributed by atoms with Crippen LogP contribution in [0.15, 0.2) is 48.9 Å². The number of aryl methyl sites for hydroxylation is 1. The van der Waals surface area contributed by atoms with Crippen LogP contribution in [0.3, 0.4) is 0 Å². The average molecular weight is 277 g/mol. The Morgan fingerprint density at radius 1 is 1.24 bits per heavy atom. The highest BCUT2D eigenvalue weighted by molar-refractivity contribution is 5.85. The van der Waals surface area contributed by atoms with Crippen molar-refractivity contribution >= 4 is 10.9 Å². The zero-order valence-corrected chi connectivity index (χ0v) is 12.2. The largest absolute Gasteiger partial charge is 0.315 e. The van der Waals surface area contributed by atoms with Gasteiger partial charge in [0.2, 0.25) is 0 Å². The van der Waals surface area contributed by atoms with Crippen molar-refractivity contribution in [3.63, 3.8) is 0 Å². The van der Waals surface area contributed by atoms with Crippen molar-refractivity contribution in [2.24, 2.45) is 0 Å². The summed E-state index contributed by atoms with van der Waals surface area (Å²) in [6.07, 6.45) is 8.60. The third kappa shape index (κ3) is 2.14. The zero-order valence-electron chi connectivity index (χ0n) is 12.2. The van der Waals surface area contributed by atoms with Gasteiger partial charge in [0.15, 0.2) is 0 Å². The lowest BCUT2D eigenvalue weighted by atomic mass is 10.1. The minimum absolute atomic E-state index is 0.459. The van der Waals surface area contributed by atoms with Crippen molar-refractivity contribution in [3.8, 4) is 5.69 Å². The molecule has 3 heterocycles. The van der Waals surface area contributed by atoms with Gasteiger partial charge < -0.3 is 9.88 Å². The van der Waals surface area contributed by atoms with E-state index in [1.54, 1.807) is 0 Å². The number of para-hydroxylation sites is 1. The fraction of sp³-hybridized carbons (Fsp3) is 0.278. The molecule has 0 spiro atoms. The van der Waals surface area contributed by atoms with E-state index in [1.165, 1.54) is 34.9 Å². The lowest BCUT2D eigenvalue weighted by molar-refractivity contribution is 0.644. The number of nitrogens with one attached hydrogen (secondary N) is 1. The van der Waals surface area contributed by atoms with Gasteiger partial charge in [0.1, 0.15) is 0 Å².